The van der Waals surface area contributed by atoms with Crippen LogP contribution in [-0.2, 0) is 17.6 Å². The molecular weight excluding hydrogens is 359 g/mol. The highest BCUT2D eigenvalue weighted by Gasteiger charge is 2.11. The molecule has 0 saturated heterocycles. The van der Waals surface area contributed by atoms with Crippen LogP contribution in [0.5, 0.6) is 0 Å². The summed E-state index contributed by atoms with van der Waals surface area (Å²) in [6.45, 7) is 0.256. The van der Waals surface area contributed by atoms with Gasteiger partial charge in [0.2, 0.25) is 17.6 Å². The molecule has 3 aromatic rings. The number of aromatic nitrogens is 2. The lowest BCUT2D eigenvalue weighted by atomic mass is 10.1. The van der Waals surface area contributed by atoms with E-state index in [-0.39, 0.29) is 37.0 Å². The van der Waals surface area contributed by atoms with Crippen LogP contribution < -0.4 is 5.32 Å². The Labute approximate surface area is 153 Å². The van der Waals surface area contributed by atoms with Crippen molar-refractivity contribution in [1.29, 1.82) is 0 Å². The van der Waals surface area contributed by atoms with Gasteiger partial charge < -0.3 is 9.84 Å². The van der Waals surface area contributed by atoms with Crippen LogP contribution in [0.1, 0.15) is 17.9 Å². The Morgan fingerprint density at radius 3 is 2.37 bits per heavy atom. The van der Waals surface area contributed by atoms with Crippen LogP contribution >= 0.6 is 0 Å². The highest BCUT2D eigenvalue weighted by atomic mass is 19.1. The number of nitrogens with one attached hydrogen (secondary N) is 1. The zero-order chi connectivity index (χ0) is 19.2. The smallest absolute Gasteiger partial charge is 0.227 e. The van der Waals surface area contributed by atoms with Gasteiger partial charge >= 0.3 is 0 Å². The van der Waals surface area contributed by atoms with E-state index >= 15 is 0 Å². The molecule has 0 radical (unpaired) electrons. The number of hydrogen-bond donors (Lipinski definition) is 1. The van der Waals surface area contributed by atoms with Crippen LogP contribution in [0.2, 0.25) is 0 Å². The van der Waals surface area contributed by atoms with Crippen LogP contribution in [0.3, 0.4) is 0 Å². The molecule has 0 fully saturated rings. The normalized spacial score (nSPS) is 10.8. The van der Waals surface area contributed by atoms with Gasteiger partial charge in [-0.2, -0.15) is 4.98 Å². The number of amides is 1. The standard InChI is InChI=1S/C19H16F3N3O2/c20-14-3-1-13(2-4-14)19-24-18(27-25-19)6-5-17(26)23-8-7-12-9-15(21)11-16(22)10-12/h1-4,9-11H,5-8H2,(H,23,26). The predicted octanol–water partition coefficient (Wildman–Crippen LogP) is 3.45. The summed E-state index contributed by atoms with van der Waals surface area (Å²) < 4.78 is 44.2. The van der Waals surface area contributed by atoms with Crippen molar-refractivity contribution in [2.45, 2.75) is 19.3 Å². The molecule has 1 amide bonds. The first-order valence-electron chi connectivity index (χ1n) is 8.30. The second kappa shape index (κ2) is 8.48. The summed E-state index contributed by atoms with van der Waals surface area (Å²) in [7, 11) is 0. The maximum Gasteiger partial charge on any atom is 0.227 e. The number of benzene rings is 2. The molecule has 5 nitrogen and oxygen atoms in total. The fourth-order valence-electron chi connectivity index (χ4n) is 2.48. The number of carbonyl (C=O) groups excluding carboxylic acids is 1. The van der Waals surface area contributed by atoms with Crippen LogP contribution in [0.25, 0.3) is 11.4 Å². The molecule has 0 unspecified atom stereocenters. The van der Waals surface area contributed by atoms with Crippen LogP contribution in [0, 0.1) is 17.5 Å². The lowest BCUT2D eigenvalue weighted by Gasteiger charge is -2.05. The van der Waals surface area contributed by atoms with Crippen molar-refractivity contribution in [1.82, 2.24) is 15.5 Å². The van der Waals surface area contributed by atoms with Gasteiger partial charge in [0.25, 0.3) is 0 Å². The Morgan fingerprint density at radius 1 is 0.963 bits per heavy atom. The van der Waals surface area contributed by atoms with E-state index in [1.54, 1.807) is 0 Å². The first-order chi connectivity index (χ1) is 13.0. The largest absolute Gasteiger partial charge is 0.356 e. The first kappa shape index (κ1) is 18.6. The van der Waals surface area contributed by atoms with E-state index in [1.807, 2.05) is 0 Å². The fraction of sp³-hybridized carbons (Fsp3) is 0.211. The molecule has 0 aliphatic carbocycles. The summed E-state index contributed by atoms with van der Waals surface area (Å²) in [6, 6.07) is 8.91. The molecule has 1 aromatic heterocycles. The van der Waals surface area contributed by atoms with E-state index in [9.17, 15) is 18.0 Å². The molecule has 0 aliphatic heterocycles. The fourth-order valence-corrected chi connectivity index (χ4v) is 2.48. The molecule has 2 aromatic carbocycles. The average molecular weight is 375 g/mol. The van der Waals surface area contributed by atoms with Gasteiger partial charge in [-0.05, 0) is 48.4 Å². The van der Waals surface area contributed by atoms with Gasteiger partial charge in [0.15, 0.2) is 0 Å². The second-order valence-corrected chi connectivity index (χ2v) is 5.90. The van der Waals surface area contributed by atoms with Gasteiger partial charge in [-0.25, -0.2) is 13.2 Å². The van der Waals surface area contributed by atoms with Crippen molar-refractivity contribution in [2.75, 3.05) is 6.54 Å². The van der Waals surface area contributed by atoms with E-state index in [0.29, 0.717) is 23.4 Å². The molecular formula is C19H16F3N3O2. The minimum Gasteiger partial charge on any atom is -0.356 e. The molecule has 0 aliphatic rings. The van der Waals surface area contributed by atoms with Crippen molar-refractivity contribution >= 4 is 5.91 Å². The second-order valence-electron chi connectivity index (χ2n) is 5.90. The van der Waals surface area contributed by atoms with Gasteiger partial charge in [-0.1, -0.05) is 5.16 Å². The van der Waals surface area contributed by atoms with Crippen LogP contribution in [0.4, 0.5) is 13.2 Å². The number of carbonyl (C=O) groups is 1. The molecule has 0 atom stereocenters. The minimum absolute atomic E-state index is 0.128. The lowest BCUT2D eigenvalue weighted by molar-refractivity contribution is -0.121. The molecule has 1 heterocycles. The van der Waals surface area contributed by atoms with Crippen molar-refractivity contribution in [3.63, 3.8) is 0 Å². The Hall–Kier alpha value is -3.16. The van der Waals surface area contributed by atoms with E-state index in [1.165, 1.54) is 36.4 Å². The summed E-state index contributed by atoms with van der Waals surface area (Å²) in [5, 5.41) is 6.47. The van der Waals surface area contributed by atoms with Crippen molar-refractivity contribution in [3.8, 4) is 11.4 Å². The third-order valence-corrected chi connectivity index (χ3v) is 3.79. The summed E-state index contributed by atoms with van der Waals surface area (Å²) in [6.07, 6.45) is 0.687. The number of nitrogens with zero attached hydrogens (tertiary/aromatic N) is 2. The third kappa shape index (κ3) is 5.40. The molecule has 27 heavy (non-hydrogen) atoms. The number of hydrogen-bond acceptors (Lipinski definition) is 4. The number of rotatable bonds is 7. The van der Waals surface area contributed by atoms with Crippen LogP contribution in [-0.4, -0.2) is 22.6 Å². The number of aryl methyl sites for hydroxylation is 1. The number of halogens is 3. The topological polar surface area (TPSA) is 68.0 Å². The van der Waals surface area contributed by atoms with Crippen molar-refractivity contribution in [3.05, 3.63) is 71.4 Å². The zero-order valence-electron chi connectivity index (χ0n) is 14.2. The zero-order valence-corrected chi connectivity index (χ0v) is 14.2. The van der Waals surface area contributed by atoms with Gasteiger partial charge in [0.05, 0.1) is 0 Å². The van der Waals surface area contributed by atoms with Crippen molar-refractivity contribution < 1.29 is 22.5 Å². The molecule has 0 saturated carbocycles. The molecule has 8 heteroatoms. The summed E-state index contributed by atoms with van der Waals surface area (Å²) in [5.41, 5.74) is 1.08. The third-order valence-electron chi connectivity index (χ3n) is 3.79. The Balaban J connectivity index is 1.44. The van der Waals surface area contributed by atoms with Gasteiger partial charge in [0, 0.05) is 31.0 Å². The highest BCUT2D eigenvalue weighted by molar-refractivity contribution is 5.76. The summed E-state index contributed by atoms with van der Waals surface area (Å²) in [5.74, 6) is -1.29. The first-order valence-corrected chi connectivity index (χ1v) is 8.30. The quantitative estimate of drug-likeness (QED) is 0.687. The Morgan fingerprint density at radius 2 is 1.67 bits per heavy atom. The summed E-state index contributed by atoms with van der Waals surface area (Å²) >= 11 is 0. The predicted molar refractivity (Wildman–Crippen MR) is 91.1 cm³/mol. The maximum atomic E-state index is 13.1. The van der Waals surface area contributed by atoms with E-state index in [2.05, 4.69) is 15.5 Å². The maximum absolute atomic E-state index is 13.1. The Bertz CT molecular complexity index is 906. The Kier molecular flexibility index (Phi) is 5.85. The highest BCUT2D eigenvalue weighted by Crippen LogP contribution is 2.16. The minimum atomic E-state index is -0.648. The average Bonchev–Trinajstić information content (AvgIpc) is 3.09. The summed E-state index contributed by atoms with van der Waals surface area (Å²) in [4.78, 5) is 16.0. The van der Waals surface area contributed by atoms with Gasteiger partial charge in [0.1, 0.15) is 17.5 Å². The molecule has 0 spiro atoms. The van der Waals surface area contributed by atoms with E-state index in [0.717, 1.165) is 6.07 Å². The molecule has 1 N–H and O–H groups in total. The van der Waals surface area contributed by atoms with E-state index in [4.69, 9.17) is 4.52 Å². The molecule has 140 valence electrons. The van der Waals surface area contributed by atoms with Gasteiger partial charge in [-0.15, -0.1) is 0 Å². The van der Waals surface area contributed by atoms with Crippen LogP contribution in [0.15, 0.2) is 47.0 Å². The lowest BCUT2D eigenvalue weighted by Crippen LogP contribution is -2.26. The van der Waals surface area contributed by atoms with E-state index < -0.39 is 11.6 Å². The molecule has 3 rings (SSSR count). The molecule has 0 bridgehead atoms. The SMILES string of the molecule is O=C(CCc1nc(-c2ccc(F)cc2)no1)NCCc1cc(F)cc(F)c1. The van der Waals surface area contributed by atoms with Crippen molar-refractivity contribution in [2.24, 2.45) is 0 Å². The van der Waals surface area contributed by atoms with Gasteiger partial charge in [-0.3, -0.25) is 4.79 Å². The monoisotopic (exact) mass is 375 g/mol.